The molecule has 2 heterocycles. The standard InChI is InChI=1S/C63H88O8SSi3.C57H82O8Si3/c1-46(47(2)70-75(62(6,7)8,50-33-25-19-26-34-50)51-35-27-20-28-36-51)37-39-55(71-74(15,16)61(3,4)5)59-54(68-63(9,10)69-59)41-42-56(72-49-31-23-18-24-32-49)57-52(48-29-21-17-22-30-48)38-40-53(67-45-65-11)58(57)60(64)66-43-44-73(12,13)14;1-42(43(2)64-68(56(6,7)8,45-29-22-18-23-30-45)46-31-24-19-25-32-46)35-37-51(65-67(15,16)55(3,4)5)53-50(62-57(9,10)63-53)34-26-33-48-47(44-27-20-17-21-28-44)36-38-49(61-41-59-11)52(48)54(58)60-39-40-66(12,13)14/h17-40,46-47,54-56,59H,41-45H2,1-16H3;17-33,35-38,42-43,50-51,53H,34,39-41H2,1-16H3/b39-37-;33-26+,37-35-/t46-,47-,54+,55?,56?,59+;42-,43-,50+,51?,53+/m11/s1. The molecule has 0 spiro atoms. The van der Waals surface area contributed by atoms with Crippen molar-refractivity contribution in [1.29, 1.82) is 0 Å². The second-order valence-corrected chi connectivity index (χ2v) is 77.6. The van der Waals surface area contributed by atoms with Crippen LogP contribution in [0.4, 0.5) is 0 Å². The highest BCUT2D eigenvalue weighted by molar-refractivity contribution is 7.99. The molecule has 776 valence electrons. The van der Waals surface area contributed by atoms with E-state index in [1.165, 1.54) is 20.7 Å². The van der Waals surface area contributed by atoms with Crippen LogP contribution in [-0.4, -0.2) is 163 Å². The highest BCUT2D eigenvalue weighted by Gasteiger charge is 2.55. The summed E-state index contributed by atoms with van der Waals surface area (Å²) in [5.74, 6) is -1.71. The summed E-state index contributed by atoms with van der Waals surface area (Å²) in [6, 6.07) is 83.6. The van der Waals surface area contributed by atoms with Crippen LogP contribution in [0, 0.1) is 11.8 Å². The molecular formula is C120H170O16SSi6. The average molecular weight is 2070 g/mol. The third kappa shape index (κ3) is 31.3. The monoisotopic (exact) mass is 2070 g/mol. The molecule has 0 aromatic heterocycles. The third-order valence-corrected chi connectivity index (χ3v) is 52.3. The molecule has 2 fully saturated rings. The number of esters is 2. The van der Waals surface area contributed by atoms with Crippen LogP contribution in [0.5, 0.6) is 11.5 Å². The van der Waals surface area contributed by atoms with Gasteiger partial charge < -0.3 is 65.1 Å². The first-order valence-corrected chi connectivity index (χ1v) is 69.4. The second kappa shape index (κ2) is 50.3. The number of methoxy groups -OCH3 is 2. The lowest BCUT2D eigenvalue weighted by Crippen LogP contribution is -2.67. The van der Waals surface area contributed by atoms with Crippen molar-refractivity contribution in [2.75, 3.05) is 41.0 Å². The van der Waals surface area contributed by atoms with Gasteiger partial charge in [0.15, 0.2) is 41.8 Å². The summed E-state index contributed by atoms with van der Waals surface area (Å²) in [5.41, 5.74) is 6.13. The maximum atomic E-state index is 14.8. The Labute approximate surface area is 870 Å². The fraction of sp³-hybridized carbons (Fsp3) is 0.483. The first-order chi connectivity index (χ1) is 67.1. The minimum Gasteiger partial charge on any atom is -0.467 e. The van der Waals surface area contributed by atoms with Crippen molar-refractivity contribution in [2.24, 2.45) is 11.8 Å². The maximum Gasteiger partial charge on any atom is 0.342 e. The molecule has 9 aromatic rings. The fourth-order valence-electron chi connectivity index (χ4n) is 18.1. The molecule has 2 aliphatic heterocycles. The van der Waals surface area contributed by atoms with Gasteiger partial charge in [-0.1, -0.05) is 385 Å². The highest BCUT2D eigenvalue weighted by atomic mass is 32.2. The zero-order valence-electron chi connectivity index (χ0n) is 92.1. The summed E-state index contributed by atoms with van der Waals surface area (Å²) in [5, 5.41) is 4.32. The van der Waals surface area contributed by atoms with Gasteiger partial charge >= 0.3 is 11.9 Å². The topological polar surface area (TPSA) is 163 Å². The Morgan fingerprint density at radius 2 is 0.748 bits per heavy atom. The minimum absolute atomic E-state index is 0.0147. The number of hydrogen-bond donors (Lipinski definition) is 0. The van der Waals surface area contributed by atoms with E-state index in [9.17, 15) is 9.59 Å². The molecule has 11 atom stereocenters. The molecule has 9 aromatic carbocycles. The molecule has 0 amide bonds. The summed E-state index contributed by atoms with van der Waals surface area (Å²) >= 11 is 1.74. The van der Waals surface area contributed by atoms with Crippen LogP contribution in [0.15, 0.2) is 272 Å². The van der Waals surface area contributed by atoms with Gasteiger partial charge in [0.05, 0.1) is 37.6 Å². The lowest BCUT2D eigenvalue weighted by Gasteiger charge is -2.45. The van der Waals surface area contributed by atoms with E-state index in [0.29, 0.717) is 60.7 Å². The second-order valence-electron chi connectivity index (χ2n) is 47.1. The number of rotatable bonds is 45. The SMILES string of the molecule is COCOc1ccc(-c2ccccc2)c(/C=C/C[C@@H]2OC(C)(C)O[C@@H]2C(/C=C\[C@@H](C)[C@@H](C)O[Si](c2ccccc2)(c2ccccc2)C(C)(C)C)O[Si](C)(C)C(C)(C)C)c1C(=O)OCC[Si](C)(C)C.COCOc1ccc(-c2ccccc2)c(C(CC[C@@H]2OC(C)(C)O[C@@H]2C(/C=C\[C@@H](C)[C@@H](C)O[Si](c2ccccc2)(c2ccccc2)C(C)(C)C)O[Si](C)(C)C(C)(C)C)Sc2ccccc2)c1C(=O)OCC[Si](C)(C)C. The normalized spacial score (nSPS) is 18.3. The largest absolute Gasteiger partial charge is 0.467 e. The quantitative estimate of drug-likeness (QED) is 0.0116. The number of ether oxygens (including phenoxy) is 10. The van der Waals surface area contributed by atoms with E-state index < -0.39 is 97.3 Å². The van der Waals surface area contributed by atoms with Crippen molar-refractivity contribution in [3.63, 3.8) is 0 Å². The molecule has 2 aliphatic rings. The lowest BCUT2D eigenvalue weighted by atomic mass is 9.89. The molecule has 11 rings (SSSR count). The van der Waals surface area contributed by atoms with Crippen LogP contribution in [0.3, 0.4) is 0 Å². The summed E-state index contributed by atoms with van der Waals surface area (Å²) in [4.78, 5) is 30.1. The van der Waals surface area contributed by atoms with Gasteiger partial charge in [-0.2, -0.15) is 0 Å². The smallest absolute Gasteiger partial charge is 0.342 e. The van der Waals surface area contributed by atoms with Crippen LogP contribution in [-0.2, 0) is 55.6 Å². The van der Waals surface area contributed by atoms with E-state index in [1.54, 1.807) is 26.0 Å². The molecule has 2 saturated heterocycles. The van der Waals surface area contributed by atoms with E-state index in [1.807, 2.05) is 107 Å². The Bertz CT molecular complexity index is 5470. The van der Waals surface area contributed by atoms with Crippen LogP contribution in [0.2, 0.25) is 97.7 Å². The summed E-state index contributed by atoms with van der Waals surface area (Å²) in [6.45, 7) is 68.0. The molecule has 0 aliphatic carbocycles. The van der Waals surface area contributed by atoms with Gasteiger partial charge in [-0.3, -0.25) is 0 Å². The Morgan fingerprint density at radius 3 is 1.12 bits per heavy atom. The molecule has 16 nitrogen and oxygen atoms in total. The van der Waals surface area contributed by atoms with Gasteiger partial charge in [0.2, 0.25) is 0 Å². The molecule has 3 unspecified atom stereocenters. The predicted molar refractivity (Wildman–Crippen MR) is 608 cm³/mol. The number of benzene rings is 9. The first-order valence-electron chi connectivity index (χ1n) is 51.5. The fourth-order valence-corrected chi connectivity index (χ4v) is 32.9. The van der Waals surface area contributed by atoms with E-state index in [2.05, 4.69) is 370 Å². The number of carbonyl (C=O) groups is 2. The third-order valence-electron chi connectivity index (χ3n) is 28.4. The molecule has 23 heteroatoms. The van der Waals surface area contributed by atoms with E-state index in [4.69, 9.17) is 65.1 Å². The summed E-state index contributed by atoms with van der Waals surface area (Å²) in [7, 11) is -10.2. The van der Waals surface area contributed by atoms with Gasteiger partial charge in [-0.25, -0.2) is 9.59 Å². The van der Waals surface area contributed by atoms with E-state index in [0.717, 1.165) is 44.8 Å². The average Bonchev–Trinajstić information content (AvgIpc) is 1.54. The van der Waals surface area contributed by atoms with E-state index in [-0.39, 0.29) is 75.2 Å². The van der Waals surface area contributed by atoms with Gasteiger partial charge in [-0.15, -0.1) is 11.8 Å². The van der Waals surface area contributed by atoms with Crippen LogP contribution in [0.25, 0.3) is 28.3 Å². The Kier molecular flexibility index (Phi) is 41.1. The molecule has 0 saturated carbocycles. The Balaban J connectivity index is 0.000000295. The van der Waals surface area contributed by atoms with Gasteiger partial charge in [0, 0.05) is 58.3 Å². The van der Waals surface area contributed by atoms with Gasteiger partial charge in [-0.05, 0) is 204 Å². The van der Waals surface area contributed by atoms with Crippen LogP contribution < -0.4 is 30.2 Å². The number of carbonyl (C=O) groups excluding carboxylic acids is 2. The van der Waals surface area contributed by atoms with Gasteiger partial charge in [0.1, 0.15) is 34.8 Å². The molecule has 143 heavy (non-hydrogen) atoms. The highest BCUT2D eigenvalue weighted by Crippen LogP contribution is 2.51. The lowest BCUT2D eigenvalue weighted by molar-refractivity contribution is -0.152. The maximum absolute atomic E-state index is 14.8. The van der Waals surface area contributed by atoms with Crippen LogP contribution >= 0.6 is 11.8 Å². The van der Waals surface area contributed by atoms with Gasteiger partial charge in [0.25, 0.3) is 16.6 Å². The first kappa shape index (κ1) is 117. The zero-order valence-corrected chi connectivity index (χ0v) is 99.0. The van der Waals surface area contributed by atoms with Crippen molar-refractivity contribution < 1.29 is 74.7 Å². The van der Waals surface area contributed by atoms with Crippen molar-refractivity contribution in [3.8, 4) is 33.8 Å². The summed E-state index contributed by atoms with van der Waals surface area (Å²) in [6.07, 6.45) is 12.1. The molecule has 0 N–H and O–H groups in total. The van der Waals surface area contributed by atoms with E-state index >= 15 is 0 Å². The Hall–Kier alpha value is -8.01. The Morgan fingerprint density at radius 1 is 0.406 bits per heavy atom. The summed E-state index contributed by atoms with van der Waals surface area (Å²) < 4.78 is 93.0. The zero-order chi connectivity index (χ0) is 105. The molecule has 0 radical (unpaired) electrons. The van der Waals surface area contributed by atoms with Crippen molar-refractivity contribution in [1.82, 2.24) is 0 Å². The molecular weight excluding hydrogens is 1900 g/mol. The number of hydrogen-bond acceptors (Lipinski definition) is 17. The van der Waals surface area contributed by atoms with Crippen LogP contribution in [0.1, 0.15) is 195 Å². The molecule has 0 bridgehead atoms. The predicted octanol–water partition coefficient (Wildman–Crippen LogP) is 28.8. The number of thioether (sulfide) groups is 1. The van der Waals surface area contributed by atoms with Crippen molar-refractivity contribution in [3.05, 3.63) is 289 Å². The van der Waals surface area contributed by atoms with Crippen molar-refractivity contribution in [2.45, 2.75) is 326 Å². The minimum atomic E-state index is -2.84. The van der Waals surface area contributed by atoms with Crippen molar-refractivity contribution >= 4 is 99.9 Å².